The highest BCUT2D eigenvalue weighted by Crippen LogP contribution is 2.30. The first-order valence-electron chi connectivity index (χ1n) is 6.22. The lowest BCUT2D eigenvalue weighted by Crippen LogP contribution is -2.12. The molecule has 0 aliphatic carbocycles. The summed E-state index contributed by atoms with van der Waals surface area (Å²) < 4.78 is 0. The summed E-state index contributed by atoms with van der Waals surface area (Å²) in [7, 11) is 0. The van der Waals surface area contributed by atoms with E-state index in [2.05, 4.69) is 22.5 Å². The van der Waals surface area contributed by atoms with Crippen molar-refractivity contribution in [2.45, 2.75) is 12.5 Å². The van der Waals surface area contributed by atoms with Crippen molar-refractivity contribution < 1.29 is 0 Å². The Hall–Kier alpha value is -1.20. The Morgan fingerprint density at radius 2 is 1.95 bits per heavy atom. The molecule has 2 heterocycles. The molecule has 5 heteroatoms. The predicted molar refractivity (Wildman–Crippen MR) is 87.5 cm³/mol. The maximum absolute atomic E-state index is 6.21. The predicted octanol–water partition coefficient (Wildman–Crippen LogP) is 4.77. The van der Waals surface area contributed by atoms with Crippen LogP contribution >= 0.6 is 34.3 Å². The molecule has 3 aromatic rings. The van der Waals surface area contributed by atoms with Crippen LogP contribution in [0, 0.1) is 0 Å². The van der Waals surface area contributed by atoms with Crippen LogP contribution in [0.5, 0.6) is 0 Å². The summed E-state index contributed by atoms with van der Waals surface area (Å²) in [5, 5.41) is 5.84. The molecule has 20 heavy (non-hydrogen) atoms. The Balaban J connectivity index is 1.76. The summed E-state index contributed by atoms with van der Waals surface area (Å²) >= 11 is 9.36. The van der Waals surface area contributed by atoms with Crippen molar-refractivity contribution in [3.63, 3.8) is 0 Å². The average molecular weight is 321 g/mol. The van der Waals surface area contributed by atoms with E-state index in [-0.39, 0.29) is 6.04 Å². The molecule has 1 unspecified atom stereocenters. The van der Waals surface area contributed by atoms with Gasteiger partial charge in [-0.05, 0) is 11.4 Å². The molecule has 102 valence electrons. The molecule has 0 aliphatic heterocycles. The third-order valence-corrected chi connectivity index (χ3v) is 5.36. The van der Waals surface area contributed by atoms with Gasteiger partial charge in [-0.3, -0.25) is 0 Å². The fraction of sp³-hybridized carbons (Fsp3) is 0.133. The lowest BCUT2D eigenvalue weighted by Gasteiger charge is -2.07. The highest BCUT2D eigenvalue weighted by atomic mass is 35.5. The third kappa shape index (κ3) is 2.94. The van der Waals surface area contributed by atoms with E-state index in [0.717, 1.165) is 32.6 Å². The fourth-order valence-corrected chi connectivity index (χ4v) is 4.06. The maximum atomic E-state index is 6.21. The van der Waals surface area contributed by atoms with Gasteiger partial charge in [0.2, 0.25) is 0 Å². The van der Waals surface area contributed by atoms with Crippen LogP contribution in [0.25, 0.3) is 11.3 Å². The van der Waals surface area contributed by atoms with Crippen molar-refractivity contribution in [1.82, 2.24) is 4.98 Å². The molecule has 0 aliphatic rings. The number of nitrogens with two attached hydrogens (primary N) is 1. The molecule has 3 rings (SSSR count). The Kier molecular flexibility index (Phi) is 4.17. The number of halogens is 1. The molecule has 1 atom stereocenters. The number of rotatable bonds is 4. The third-order valence-electron chi connectivity index (χ3n) is 3.00. The molecule has 0 fully saturated rings. The fourth-order valence-electron chi connectivity index (χ4n) is 2.00. The Labute approximate surface area is 130 Å². The summed E-state index contributed by atoms with van der Waals surface area (Å²) in [4.78, 5) is 5.69. The standard InChI is InChI=1S/C15H13ClN2S2/c16-11-6-7-19-15(11)12(17)8-14-18-13(9-20-14)10-4-2-1-3-5-10/h1-7,9,12H,8,17H2. The summed E-state index contributed by atoms with van der Waals surface area (Å²) in [6.45, 7) is 0. The summed E-state index contributed by atoms with van der Waals surface area (Å²) in [5.74, 6) is 0. The second kappa shape index (κ2) is 6.06. The summed E-state index contributed by atoms with van der Waals surface area (Å²) in [6, 6.07) is 12.0. The monoisotopic (exact) mass is 320 g/mol. The first-order chi connectivity index (χ1) is 9.74. The molecule has 0 radical (unpaired) electrons. The molecule has 2 nitrogen and oxygen atoms in total. The zero-order valence-corrected chi connectivity index (χ0v) is 13.0. The van der Waals surface area contributed by atoms with Crippen LogP contribution in [0.1, 0.15) is 15.9 Å². The number of nitrogens with zero attached hydrogens (tertiary/aromatic N) is 1. The Bertz CT molecular complexity index is 691. The van der Waals surface area contributed by atoms with Gasteiger partial charge in [-0.1, -0.05) is 41.9 Å². The van der Waals surface area contributed by atoms with Crippen molar-refractivity contribution in [2.75, 3.05) is 0 Å². The summed E-state index contributed by atoms with van der Waals surface area (Å²) in [5.41, 5.74) is 8.36. The minimum Gasteiger partial charge on any atom is -0.323 e. The van der Waals surface area contributed by atoms with Gasteiger partial charge in [0.05, 0.1) is 15.7 Å². The summed E-state index contributed by atoms with van der Waals surface area (Å²) in [6.07, 6.45) is 0.720. The quantitative estimate of drug-likeness (QED) is 0.752. The van der Waals surface area contributed by atoms with Gasteiger partial charge < -0.3 is 5.73 Å². The van der Waals surface area contributed by atoms with Crippen LogP contribution in [0.3, 0.4) is 0 Å². The molecule has 2 aromatic heterocycles. The molecule has 0 saturated heterocycles. The molecule has 1 aromatic carbocycles. The van der Waals surface area contributed by atoms with Crippen molar-refractivity contribution in [3.8, 4) is 11.3 Å². The highest BCUT2D eigenvalue weighted by molar-refractivity contribution is 7.11. The highest BCUT2D eigenvalue weighted by Gasteiger charge is 2.14. The SMILES string of the molecule is NC(Cc1nc(-c2ccccc2)cs1)c1sccc1Cl. The van der Waals surface area contributed by atoms with Gasteiger partial charge in [0, 0.05) is 28.3 Å². The van der Waals surface area contributed by atoms with Gasteiger partial charge in [-0.15, -0.1) is 22.7 Å². The molecule has 0 bridgehead atoms. The molecule has 0 saturated carbocycles. The van der Waals surface area contributed by atoms with Crippen molar-refractivity contribution in [3.05, 3.63) is 62.1 Å². The minimum atomic E-state index is -0.0859. The lowest BCUT2D eigenvalue weighted by atomic mass is 10.2. The number of thiophene rings is 1. The zero-order valence-electron chi connectivity index (χ0n) is 10.6. The molecule has 0 spiro atoms. The number of aromatic nitrogens is 1. The first kappa shape index (κ1) is 13.8. The van der Waals surface area contributed by atoms with E-state index in [1.165, 1.54) is 0 Å². The van der Waals surface area contributed by atoms with Crippen molar-refractivity contribution >= 4 is 34.3 Å². The number of hydrogen-bond donors (Lipinski definition) is 1. The van der Waals surface area contributed by atoms with Gasteiger partial charge in [0.15, 0.2) is 0 Å². The van der Waals surface area contributed by atoms with Crippen LogP contribution in [0.15, 0.2) is 47.2 Å². The van der Waals surface area contributed by atoms with Gasteiger partial charge in [-0.25, -0.2) is 4.98 Å². The van der Waals surface area contributed by atoms with Crippen LogP contribution in [-0.4, -0.2) is 4.98 Å². The maximum Gasteiger partial charge on any atom is 0.0951 e. The van der Waals surface area contributed by atoms with E-state index >= 15 is 0 Å². The Morgan fingerprint density at radius 3 is 2.65 bits per heavy atom. The van der Waals surface area contributed by atoms with E-state index in [1.54, 1.807) is 22.7 Å². The zero-order chi connectivity index (χ0) is 13.9. The van der Waals surface area contributed by atoms with E-state index in [9.17, 15) is 0 Å². The number of hydrogen-bond acceptors (Lipinski definition) is 4. The van der Waals surface area contributed by atoms with Gasteiger partial charge >= 0.3 is 0 Å². The minimum absolute atomic E-state index is 0.0859. The van der Waals surface area contributed by atoms with Crippen LogP contribution < -0.4 is 5.73 Å². The van der Waals surface area contributed by atoms with Crippen molar-refractivity contribution in [1.29, 1.82) is 0 Å². The second-order valence-corrected chi connectivity index (χ2v) is 6.73. The largest absolute Gasteiger partial charge is 0.323 e. The molecular weight excluding hydrogens is 308 g/mol. The first-order valence-corrected chi connectivity index (χ1v) is 8.36. The average Bonchev–Trinajstić information content (AvgIpc) is 3.09. The van der Waals surface area contributed by atoms with Crippen molar-refractivity contribution in [2.24, 2.45) is 5.73 Å². The Morgan fingerprint density at radius 1 is 1.15 bits per heavy atom. The van der Waals surface area contributed by atoms with E-state index in [4.69, 9.17) is 17.3 Å². The van der Waals surface area contributed by atoms with Gasteiger partial charge in [0.1, 0.15) is 0 Å². The van der Waals surface area contributed by atoms with Crippen LogP contribution in [-0.2, 0) is 6.42 Å². The topological polar surface area (TPSA) is 38.9 Å². The molecule has 2 N–H and O–H groups in total. The lowest BCUT2D eigenvalue weighted by molar-refractivity contribution is 0.733. The second-order valence-electron chi connectivity index (χ2n) is 4.44. The van der Waals surface area contributed by atoms with Gasteiger partial charge in [-0.2, -0.15) is 0 Å². The van der Waals surface area contributed by atoms with E-state index < -0.39 is 0 Å². The number of thiazole rings is 1. The van der Waals surface area contributed by atoms with E-state index in [1.807, 2.05) is 29.6 Å². The number of benzene rings is 1. The van der Waals surface area contributed by atoms with Crippen LogP contribution in [0.4, 0.5) is 0 Å². The van der Waals surface area contributed by atoms with E-state index in [0.29, 0.717) is 0 Å². The molecular formula is C15H13ClN2S2. The van der Waals surface area contributed by atoms with Crippen LogP contribution in [0.2, 0.25) is 5.02 Å². The normalized spacial score (nSPS) is 12.5. The van der Waals surface area contributed by atoms with Gasteiger partial charge in [0.25, 0.3) is 0 Å². The molecule has 0 amide bonds. The smallest absolute Gasteiger partial charge is 0.0951 e.